The maximum atomic E-state index is 4.59. The lowest BCUT2D eigenvalue weighted by atomic mass is 10.3. The molecule has 0 spiro atoms. The van der Waals surface area contributed by atoms with Crippen LogP contribution in [0.5, 0.6) is 0 Å². The Kier molecular flexibility index (Phi) is 3.31. The third-order valence-electron chi connectivity index (χ3n) is 3.38. The van der Waals surface area contributed by atoms with Gasteiger partial charge in [-0.05, 0) is 33.3 Å². The number of hydrogen-bond donors (Lipinski definition) is 0. The molecule has 1 unspecified atom stereocenters. The van der Waals surface area contributed by atoms with Gasteiger partial charge in [-0.15, -0.1) is 0 Å². The summed E-state index contributed by atoms with van der Waals surface area (Å²) in [6.45, 7) is 9.28. The van der Waals surface area contributed by atoms with Gasteiger partial charge in [-0.3, -0.25) is 4.68 Å². The average Bonchev–Trinajstić information content (AvgIpc) is 2.91. The molecule has 0 saturated carbocycles. The summed E-state index contributed by atoms with van der Waals surface area (Å²) in [5.41, 5.74) is 3.39. The normalized spacial score (nSPS) is 12.9. The van der Waals surface area contributed by atoms with Crippen LogP contribution in [0, 0.1) is 13.8 Å². The molecule has 2 heterocycles. The van der Waals surface area contributed by atoms with Gasteiger partial charge in [-0.2, -0.15) is 5.10 Å². The quantitative estimate of drug-likeness (QED) is 0.812. The number of nitrogens with zero attached hydrogens (tertiary/aromatic N) is 4. The fourth-order valence-electron chi connectivity index (χ4n) is 1.77. The van der Waals surface area contributed by atoms with Crippen molar-refractivity contribution in [1.82, 2.24) is 19.3 Å². The minimum absolute atomic E-state index is 0.467. The lowest BCUT2D eigenvalue weighted by Gasteiger charge is -2.08. The molecule has 0 aromatic carbocycles. The topological polar surface area (TPSA) is 35.6 Å². The van der Waals surface area contributed by atoms with Crippen LogP contribution in [-0.2, 0) is 6.54 Å². The number of imidazole rings is 1. The van der Waals surface area contributed by atoms with E-state index >= 15 is 0 Å². The molecule has 0 fully saturated rings. The first-order valence-corrected chi connectivity index (χ1v) is 6.14. The van der Waals surface area contributed by atoms with E-state index < -0.39 is 0 Å². The molecule has 1 atom stereocenters. The van der Waals surface area contributed by atoms with Gasteiger partial charge in [0.15, 0.2) is 0 Å². The van der Waals surface area contributed by atoms with Gasteiger partial charge in [-0.1, -0.05) is 6.92 Å². The van der Waals surface area contributed by atoms with Crippen LogP contribution in [0.4, 0.5) is 0 Å². The van der Waals surface area contributed by atoms with Crippen molar-refractivity contribution < 1.29 is 0 Å². The van der Waals surface area contributed by atoms with Gasteiger partial charge in [0.05, 0.1) is 24.3 Å². The van der Waals surface area contributed by atoms with Gasteiger partial charge in [0.1, 0.15) is 0 Å². The molecule has 0 aliphatic carbocycles. The van der Waals surface area contributed by atoms with E-state index in [0.717, 1.165) is 24.4 Å². The van der Waals surface area contributed by atoms with Crippen LogP contribution in [0.1, 0.15) is 43.4 Å². The van der Waals surface area contributed by atoms with Crippen LogP contribution in [0.25, 0.3) is 0 Å². The highest BCUT2D eigenvalue weighted by molar-refractivity contribution is 5.11. The standard InChI is InChI=1S/C13H20N4/c1-5-10(2)17-7-6-13(15-17)8-16-9-14-11(3)12(16)4/h6-7,9-10H,5,8H2,1-4H3. The highest BCUT2D eigenvalue weighted by Crippen LogP contribution is 2.11. The fourth-order valence-corrected chi connectivity index (χ4v) is 1.77. The highest BCUT2D eigenvalue weighted by Gasteiger charge is 2.07. The summed E-state index contributed by atoms with van der Waals surface area (Å²) in [6.07, 6.45) is 5.04. The second-order valence-electron chi connectivity index (χ2n) is 4.59. The van der Waals surface area contributed by atoms with Crippen molar-refractivity contribution in [3.8, 4) is 0 Å². The molecule has 92 valence electrons. The molecule has 2 rings (SSSR count). The molecule has 0 saturated heterocycles. The second kappa shape index (κ2) is 4.73. The molecule has 0 radical (unpaired) electrons. The van der Waals surface area contributed by atoms with Gasteiger partial charge >= 0.3 is 0 Å². The van der Waals surface area contributed by atoms with E-state index in [-0.39, 0.29) is 0 Å². The van der Waals surface area contributed by atoms with Crippen LogP contribution in [0.15, 0.2) is 18.6 Å². The Bertz CT molecular complexity index is 495. The van der Waals surface area contributed by atoms with Crippen molar-refractivity contribution in [1.29, 1.82) is 0 Å². The summed E-state index contributed by atoms with van der Waals surface area (Å²) in [4.78, 5) is 4.30. The second-order valence-corrected chi connectivity index (χ2v) is 4.59. The number of rotatable bonds is 4. The molecule has 0 aliphatic rings. The molecule has 4 nitrogen and oxygen atoms in total. The first-order valence-electron chi connectivity index (χ1n) is 6.14. The maximum Gasteiger partial charge on any atom is 0.0955 e. The van der Waals surface area contributed by atoms with E-state index in [2.05, 4.69) is 47.7 Å². The zero-order valence-electron chi connectivity index (χ0n) is 11.0. The minimum atomic E-state index is 0.467. The predicted molar refractivity (Wildman–Crippen MR) is 68.0 cm³/mol. The van der Waals surface area contributed by atoms with Crippen molar-refractivity contribution in [3.05, 3.63) is 35.7 Å². The molecule has 0 aliphatic heterocycles. The number of aryl methyl sites for hydroxylation is 1. The first-order chi connectivity index (χ1) is 8.11. The molecular formula is C13H20N4. The van der Waals surface area contributed by atoms with Gasteiger partial charge in [0.2, 0.25) is 0 Å². The SMILES string of the molecule is CCC(C)n1ccc(Cn2cnc(C)c2C)n1. The third-order valence-corrected chi connectivity index (χ3v) is 3.38. The largest absolute Gasteiger partial charge is 0.329 e. The molecule has 2 aromatic rings. The zero-order valence-corrected chi connectivity index (χ0v) is 11.0. The van der Waals surface area contributed by atoms with E-state index in [1.165, 1.54) is 5.69 Å². The lowest BCUT2D eigenvalue weighted by Crippen LogP contribution is -2.06. The van der Waals surface area contributed by atoms with E-state index in [9.17, 15) is 0 Å². The summed E-state index contributed by atoms with van der Waals surface area (Å²) in [5.74, 6) is 0. The van der Waals surface area contributed by atoms with Crippen molar-refractivity contribution in [2.45, 2.75) is 46.7 Å². The molecule has 0 N–H and O–H groups in total. The Balaban J connectivity index is 2.14. The Morgan fingerprint density at radius 1 is 1.35 bits per heavy atom. The molecule has 2 aromatic heterocycles. The predicted octanol–water partition coefficient (Wildman–Crippen LogP) is 2.72. The third kappa shape index (κ3) is 2.40. The summed E-state index contributed by atoms with van der Waals surface area (Å²) in [5, 5.41) is 4.59. The Morgan fingerprint density at radius 3 is 2.71 bits per heavy atom. The fraction of sp³-hybridized carbons (Fsp3) is 0.538. The summed E-state index contributed by atoms with van der Waals surface area (Å²) < 4.78 is 4.17. The average molecular weight is 232 g/mol. The van der Waals surface area contributed by atoms with Crippen molar-refractivity contribution in [2.75, 3.05) is 0 Å². The van der Waals surface area contributed by atoms with E-state index in [0.29, 0.717) is 6.04 Å². The molecule has 0 amide bonds. The monoisotopic (exact) mass is 232 g/mol. The molecule has 4 heteroatoms. The lowest BCUT2D eigenvalue weighted by molar-refractivity contribution is 0.472. The molecule has 0 bridgehead atoms. The summed E-state index contributed by atoms with van der Waals surface area (Å²) in [6, 6.07) is 2.55. The van der Waals surface area contributed by atoms with Gasteiger partial charge in [0, 0.05) is 17.9 Å². The Morgan fingerprint density at radius 2 is 2.12 bits per heavy atom. The smallest absolute Gasteiger partial charge is 0.0955 e. The van der Waals surface area contributed by atoms with E-state index in [1.807, 2.05) is 17.9 Å². The number of hydrogen-bond acceptors (Lipinski definition) is 2. The van der Waals surface area contributed by atoms with Crippen LogP contribution in [0.3, 0.4) is 0 Å². The highest BCUT2D eigenvalue weighted by atomic mass is 15.3. The number of aromatic nitrogens is 4. The van der Waals surface area contributed by atoms with E-state index in [1.54, 1.807) is 0 Å². The van der Waals surface area contributed by atoms with Crippen molar-refractivity contribution >= 4 is 0 Å². The van der Waals surface area contributed by atoms with Gasteiger partial charge < -0.3 is 4.57 Å². The zero-order chi connectivity index (χ0) is 12.4. The van der Waals surface area contributed by atoms with Gasteiger partial charge in [-0.25, -0.2) is 4.98 Å². The van der Waals surface area contributed by atoms with Crippen LogP contribution in [-0.4, -0.2) is 19.3 Å². The van der Waals surface area contributed by atoms with Crippen molar-refractivity contribution in [2.24, 2.45) is 0 Å². The Labute approximate surface area is 102 Å². The van der Waals surface area contributed by atoms with E-state index in [4.69, 9.17) is 0 Å². The molecule has 17 heavy (non-hydrogen) atoms. The van der Waals surface area contributed by atoms with Crippen LogP contribution in [0.2, 0.25) is 0 Å². The minimum Gasteiger partial charge on any atom is -0.329 e. The molecular weight excluding hydrogens is 212 g/mol. The van der Waals surface area contributed by atoms with Crippen molar-refractivity contribution in [3.63, 3.8) is 0 Å². The van der Waals surface area contributed by atoms with Gasteiger partial charge in [0.25, 0.3) is 0 Å². The first kappa shape index (κ1) is 11.9. The van der Waals surface area contributed by atoms with Crippen LogP contribution < -0.4 is 0 Å². The summed E-state index contributed by atoms with van der Waals surface area (Å²) >= 11 is 0. The summed E-state index contributed by atoms with van der Waals surface area (Å²) in [7, 11) is 0. The maximum absolute atomic E-state index is 4.59. The van der Waals surface area contributed by atoms with Crippen LogP contribution >= 0.6 is 0 Å². The Hall–Kier alpha value is -1.58.